The highest BCUT2D eigenvalue weighted by molar-refractivity contribution is 14.0. The molecule has 1 aromatic carbocycles. The van der Waals surface area contributed by atoms with Crippen LogP contribution in [-0.2, 0) is 6.54 Å². The summed E-state index contributed by atoms with van der Waals surface area (Å²) in [7, 11) is 1.83. The smallest absolute Gasteiger partial charge is 0.191 e. The molecule has 0 bridgehead atoms. The first-order chi connectivity index (χ1) is 13.6. The second kappa shape index (κ2) is 11.5. The second-order valence-corrected chi connectivity index (χ2v) is 7.68. The van der Waals surface area contributed by atoms with Crippen LogP contribution in [0.25, 0.3) is 5.69 Å². The molecule has 7 heteroatoms. The van der Waals surface area contributed by atoms with Gasteiger partial charge in [0, 0.05) is 32.4 Å². The number of para-hydroxylation sites is 1. The molecule has 2 heterocycles. The van der Waals surface area contributed by atoms with E-state index in [0.29, 0.717) is 12.5 Å². The van der Waals surface area contributed by atoms with Gasteiger partial charge in [0.1, 0.15) is 0 Å². The molecule has 1 aliphatic heterocycles. The fourth-order valence-electron chi connectivity index (χ4n) is 3.99. The number of aliphatic imine (C=N–C) groups is 1. The molecule has 3 rings (SSSR count). The summed E-state index contributed by atoms with van der Waals surface area (Å²) in [5, 5.41) is 11.6. The maximum Gasteiger partial charge on any atom is 0.191 e. The molecule has 0 spiro atoms. The van der Waals surface area contributed by atoms with Gasteiger partial charge in [0.05, 0.1) is 11.4 Å². The fraction of sp³-hybridized carbons (Fsp3) is 0.545. The molecule has 29 heavy (non-hydrogen) atoms. The number of aromatic nitrogens is 2. The summed E-state index contributed by atoms with van der Waals surface area (Å²) >= 11 is 0. The van der Waals surface area contributed by atoms with Crippen LogP contribution in [0.5, 0.6) is 0 Å². The van der Waals surface area contributed by atoms with E-state index in [0.717, 1.165) is 36.1 Å². The van der Waals surface area contributed by atoms with Gasteiger partial charge < -0.3 is 15.5 Å². The Balaban J connectivity index is 0.00000300. The number of nitrogens with zero attached hydrogens (tertiary/aromatic N) is 4. The molecule has 1 atom stereocenters. The lowest BCUT2D eigenvalue weighted by molar-refractivity contribution is 0.183. The number of benzene rings is 1. The first kappa shape index (κ1) is 23.7. The first-order valence-electron chi connectivity index (χ1n) is 10.4. The standard InChI is InChI=1S/C22H34N6.HI/c1-5-27-12-8-9-19(16-27)14-24-22(23-4)25-15-20-10-6-7-11-21(20)28-18(3)13-17(2)26-28;/h6-7,10-11,13,19H,5,8-9,12,14-16H2,1-4H3,(H2,23,24,25);1H. The van der Waals surface area contributed by atoms with Gasteiger partial charge in [-0.15, -0.1) is 24.0 Å². The van der Waals surface area contributed by atoms with Crippen molar-refractivity contribution < 1.29 is 0 Å². The molecule has 0 amide bonds. The highest BCUT2D eigenvalue weighted by Crippen LogP contribution is 2.17. The summed E-state index contributed by atoms with van der Waals surface area (Å²) in [6.07, 6.45) is 2.59. The minimum absolute atomic E-state index is 0. The highest BCUT2D eigenvalue weighted by Gasteiger charge is 2.18. The summed E-state index contributed by atoms with van der Waals surface area (Å²) in [4.78, 5) is 6.95. The number of rotatable bonds is 6. The normalized spacial score (nSPS) is 17.7. The number of guanidine groups is 1. The second-order valence-electron chi connectivity index (χ2n) is 7.68. The van der Waals surface area contributed by atoms with Gasteiger partial charge in [-0.3, -0.25) is 4.99 Å². The Bertz CT molecular complexity index is 800. The molecule has 2 aromatic rings. The molecule has 0 saturated carbocycles. The predicted octanol–water partition coefficient (Wildman–Crippen LogP) is 3.50. The van der Waals surface area contributed by atoms with Crippen molar-refractivity contribution in [3.8, 4) is 5.69 Å². The Morgan fingerprint density at radius 1 is 1.24 bits per heavy atom. The average Bonchev–Trinajstić information content (AvgIpc) is 3.06. The molecule has 0 radical (unpaired) electrons. The van der Waals surface area contributed by atoms with E-state index in [1.165, 1.54) is 31.5 Å². The van der Waals surface area contributed by atoms with Crippen LogP contribution >= 0.6 is 24.0 Å². The van der Waals surface area contributed by atoms with E-state index >= 15 is 0 Å². The van der Waals surface area contributed by atoms with Crippen molar-refractivity contribution in [2.45, 2.75) is 40.2 Å². The molecule has 1 fully saturated rings. The van der Waals surface area contributed by atoms with Gasteiger partial charge in [0.25, 0.3) is 0 Å². The van der Waals surface area contributed by atoms with E-state index in [1.54, 1.807) is 0 Å². The van der Waals surface area contributed by atoms with Crippen LogP contribution in [0.3, 0.4) is 0 Å². The van der Waals surface area contributed by atoms with Crippen LogP contribution < -0.4 is 10.6 Å². The molecule has 2 N–H and O–H groups in total. The third-order valence-electron chi connectivity index (χ3n) is 5.51. The lowest BCUT2D eigenvalue weighted by Gasteiger charge is -2.32. The number of hydrogen-bond donors (Lipinski definition) is 2. The summed E-state index contributed by atoms with van der Waals surface area (Å²) in [5.41, 5.74) is 4.49. The van der Waals surface area contributed by atoms with Crippen molar-refractivity contribution in [3.63, 3.8) is 0 Å². The Kier molecular flexibility index (Phi) is 9.42. The summed E-state index contributed by atoms with van der Waals surface area (Å²) in [6.45, 7) is 11.6. The quantitative estimate of drug-likeness (QED) is 0.355. The van der Waals surface area contributed by atoms with Gasteiger partial charge in [-0.05, 0) is 63.4 Å². The molecule has 0 aliphatic carbocycles. The van der Waals surface area contributed by atoms with Gasteiger partial charge in [-0.25, -0.2) is 4.68 Å². The van der Waals surface area contributed by atoms with Crippen molar-refractivity contribution in [1.29, 1.82) is 0 Å². The van der Waals surface area contributed by atoms with Gasteiger partial charge in [-0.2, -0.15) is 5.10 Å². The third-order valence-corrected chi connectivity index (χ3v) is 5.51. The summed E-state index contributed by atoms with van der Waals surface area (Å²) in [6, 6.07) is 10.5. The maximum absolute atomic E-state index is 4.64. The van der Waals surface area contributed by atoms with Crippen LogP contribution in [0, 0.1) is 19.8 Å². The van der Waals surface area contributed by atoms with E-state index in [-0.39, 0.29) is 24.0 Å². The van der Waals surface area contributed by atoms with E-state index in [1.807, 2.05) is 18.7 Å². The Hall–Kier alpha value is -1.61. The minimum Gasteiger partial charge on any atom is -0.356 e. The molecule has 6 nitrogen and oxygen atoms in total. The molecule has 1 aliphatic rings. The summed E-state index contributed by atoms with van der Waals surface area (Å²) in [5.74, 6) is 1.55. The average molecular weight is 510 g/mol. The molecular formula is C22H35IN6. The molecule has 160 valence electrons. The Labute approximate surface area is 192 Å². The van der Waals surface area contributed by atoms with Crippen molar-refractivity contribution in [1.82, 2.24) is 25.3 Å². The Morgan fingerprint density at radius 2 is 2.03 bits per heavy atom. The van der Waals surface area contributed by atoms with Crippen molar-refractivity contribution in [2.24, 2.45) is 10.9 Å². The zero-order valence-electron chi connectivity index (χ0n) is 18.1. The predicted molar refractivity (Wildman–Crippen MR) is 131 cm³/mol. The molecule has 1 aromatic heterocycles. The lowest BCUT2D eigenvalue weighted by Crippen LogP contribution is -2.44. The van der Waals surface area contributed by atoms with Crippen LogP contribution in [0.4, 0.5) is 0 Å². The zero-order chi connectivity index (χ0) is 19.9. The van der Waals surface area contributed by atoms with Gasteiger partial charge >= 0.3 is 0 Å². The Morgan fingerprint density at radius 3 is 2.72 bits per heavy atom. The SMILES string of the molecule is CCN1CCCC(CNC(=NC)NCc2ccccc2-n2nc(C)cc2C)C1.I. The highest BCUT2D eigenvalue weighted by atomic mass is 127. The number of halogens is 1. The van der Waals surface area contributed by atoms with E-state index < -0.39 is 0 Å². The third kappa shape index (κ3) is 6.44. The number of aryl methyl sites for hydroxylation is 2. The van der Waals surface area contributed by atoms with Crippen LogP contribution in [-0.4, -0.2) is 53.9 Å². The van der Waals surface area contributed by atoms with Crippen LogP contribution in [0.15, 0.2) is 35.3 Å². The zero-order valence-corrected chi connectivity index (χ0v) is 20.4. The van der Waals surface area contributed by atoms with Crippen LogP contribution in [0.2, 0.25) is 0 Å². The number of likely N-dealkylation sites (tertiary alicyclic amines) is 1. The van der Waals surface area contributed by atoms with Crippen molar-refractivity contribution in [2.75, 3.05) is 33.2 Å². The molecule has 1 unspecified atom stereocenters. The van der Waals surface area contributed by atoms with E-state index in [4.69, 9.17) is 0 Å². The molecule has 1 saturated heterocycles. The number of hydrogen-bond acceptors (Lipinski definition) is 3. The van der Waals surface area contributed by atoms with Gasteiger partial charge in [0.15, 0.2) is 5.96 Å². The van der Waals surface area contributed by atoms with E-state index in [9.17, 15) is 0 Å². The monoisotopic (exact) mass is 510 g/mol. The maximum atomic E-state index is 4.64. The first-order valence-corrected chi connectivity index (χ1v) is 10.4. The topological polar surface area (TPSA) is 57.5 Å². The van der Waals surface area contributed by atoms with Crippen molar-refractivity contribution in [3.05, 3.63) is 47.3 Å². The van der Waals surface area contributed by atoms with Gasteiger partial charge in [-0.1, -0.05) is 25.1 Å². The molecular weight excluding hydrogens is 475 g/mol. The van der Waals surface area contributed by atoms with Gasteiger partial charge in [0.2, 0.25) is 0 Å². The lowest BCUT2D eigenvalue weighted by atomic mass is 9.98. The van der Waals surface area contributed by atoms with Crippen LogP contribution in [0.1, 0.15) is 36.7 Å². The minimum atomic E-state index is 0. The summed E-state index contributed by atoms with van der Waals surface area (Å²) < 4.78 is 2.02. The van der Waals surface area contributed by atoms with E-state index in [2.05, 4.69) is 69.8 Å². The largest absolute Gasteiger partial charge is 0.356 e. The van der Waals surface area contributed by atoms with Crippen molar-refractivity contribution >= 4 is 29.9 Å². The number of piperidine rings is 1. The number of nitrogens with one attached hydrogen (secondary N) is 2. The fourth-order valence-corrected chi connectivity index (χ4v) is 3.99.